The molecule has 34 heavy (non-hydrogen) atoms. The molecule has 1 N–H and O–H groups in total. The average Bonchev–Trinajstić information content (AvgIpc) is 2.81. The minimum Gasteiger partial charge on any atom is -0.444 e. The van der Waals surface area contributed by atoms with E-state index in [1.54, 1.807) is 69.3 Å². The number of hydrogen-bond acceptors (Lipinski definition) is 4. The van der Waals surface area contributed by atoms with Crippen LogP contribution in [0.15, 0.2) is 72.8 Å². The third-order valence-corrected chi connectivity index (χ3v) is 4.81. The van der Waals surface area contributed by atoms with Gasteiger partial charge in [0.05, 0.1) is 5.69 Å². The van der Waals surface area contributed by atoms with Gasteiger partial charge in [-0.05, 0) is 44.0 Å². The van der Waals surface area contributed by atoms with E-state index in [1.165, 1.54) is 0 Å². The second-order valence-electron chi connectivity index (χ2n) is 8.49. The molecule has 0 bridgehead atoms. The Bertz CT molecular complexity index is 1130. The molecule has 8 heteroatoms. The molecule has 0 fully saturated rings. The molecule has 0 aromatic heterocycles. The van der Waals surface area contributed by atoms with Gasteiger partial charge in [-0.1, -0.05) is 60.7 Å². The number of nitrogens with zero attached hydrogens (tertiary/aromatic N) is 1. The number of nitrogens with one attached hydrogen (secondary N) is 1. The zero-order valence-electron chi connectivity index (χ0n) is 19.2. The van der Waals surface area contributed by atoms with Crippen molar-refractivity contribution in [3.05, 3.63) is 95.6 Å². The molecule has 0 radical (unpaired) electrons. The van der Waals surface area contributed by atoms with Crippen molar-refractivity contribution in [2.24, 2.45) is 0 Å². The summed E-state index contributed by atoms with van der Waals surface area (Å²) in [6.45, 7) is 4.95. The number of rotatable bonds is 6. The number of hydrogen-bond donors (Lipinski definition) is 1. The Labute approximate surface area is 197 Å². The fourth-order valence-electron chi connectivity index (χ4n) is 3.21. The van der Waals surface area contributed by atoms with Crippen molar-refractivity contribution in [1.29, 1.82) is 0 Å². The van der Waals surface area contributed by atoms with E-state index >= 15 is 4.39 Å². The van der Waals surface area contributed by atoms with E-state index in [0.29, 0.717) is 5.56 Å². The second-order valence-corrected chi connectivity index (χ2v) is 8.49. The molecule has 0 aliphatic heterocycles. The smallest absolute Gasteiger partial charge is 0.415 e. The summed E-state index contributed by atoms with van der Waals surface area (Å²) in [5.41, 5.74) is -0.413. The topological polar surface area (TPSA) is 67.9 Å². The van der Waals surface area contributed by atoms with E-state index in [-0.39, 0.29) is 18.9 Å². The molecule has 0 unspecified atom stereocenters. The summed E-state index contributed by atoms with van der Waals surface area (Å²) in [4.78, 5) is 26.2. The molecule has 0 aliphatic carbocycles. The van der Waals surface area contributed by atoms with Gasteiger partial charge in [0.2, 0.25) is 0 Å². The van der Waals surface area contributed by atoms with Crippen molar-refractivity contribution in [3.63, 3.8) is 0 Å². The first kappa shape index (κ1) is 24.7. The Balaban J connectivity index is 1.79. The highest BCUT2D eigenvalue weighted by Crippen LogP contribution is 2.33. The van der Waals surface area contributed by atoms with Gasteiger partial charge in [-0.3, -0.25) is 10.2 Å². The van der Waals surface area contributed by atoms with Crippen LogP contribution in [0.5, 0.6) is 0 Å². The largest absolute Gasteiger partial charge is 0.444 e. The molecule has 2 amide bonds. The summed E-state index contributed by atoms with van der Waals surface area (Å²) < 4.78 is 40.3. The van der Waals surface area contributed by atoms with Gasteiger partial charge in [-0.15, -0.1) is 0 Å². The third-order valence-electron chi connectivity index (χ3n) is 4.81. The normalized spacial score (nSPS) is 11.0. The molecular weight excluding hydrogens is 442 g/mol. The lowest BCUT2D eigenvalue weighted by molar-refractivity contribution is 0.141. The van der Waals surface area contributed by atoms with Gasteiger partial charge in [0.15, 0.2) is 5.82 Å². The molecule has 6 nitrogen and oxygen atoms in total. The second kappa shape index (κ2) is 10.8. The summed E-state index contributed by atoms with van der Waals surface area (Å²) in [6, 6.07) is 20.0. The number of carbonyl (C=O) groups is 2. The minimum atomic E-state index is -1.12. The molecule has 178 valence electrons. The number of halogens is 2. The van der Waals surface area contributed by atoms with Crippen molar-refractivity contribution >= 4 is 23.6 Å². The van der Waals surface area contributed by atoms with Gasteiger partial charge < -0.3 is 9.47 Å². The Hall–Kier alpha value is -3.94. The first-order valence-electron chi connectivity index (χ1n) is 10.6. The third kappa shape index (κ3) is 6.31. The van der Waals surface area contributed by atoms with Crippen molar-refractivity contribution in [2.75, 3.05) is 10.2 Å². The monoisotopic (exact) mass is 468 g/mol. The molecule has 0 heterocycles. The van der Waals surface area contributed by atoms with E-state index in [4.69, 9.17) is 9.47 Å². The van der Waals surface area contributed by atoms with Gasteiger partial charge >= 0.3 is 12.2 Å². The van der Waals surface area contributed by atoms with Gasteiger partial charge in [-0.25, -0.2) is 18.4 Å². The van der Waals surface area contributed by atoms with Crippen LogP contribution in [-0.2, 0) is 22.7 Å². The summed E-state index contributed by atoms with van der Waals surface area (Å²) in [5.74, 6) is -2.13. The Morgan fingerprint density at radius 3 is 1.88 bits per heavy atom. The number of ether oxygens (including phenoxy) is 2. The van der Waals surface area contributed by atoms with Crippen LogP contribution in [0, 0.1) is 11.6 Å². The highest BCUT2D eigenvalue weighted by atomic mass is 19.1. The Kier molecular flexibility index (Phi) is 7.83. The van der Waals surface area contributed by atoms with E-state index in [0.717, 1.165) is 22.6 Å². The molecular formula is C26H26F2N2O4. The highest BCUT2D eigenvalue weighted by molar-refractivity contribution is 5.92. The van der Waals surface area contributed by atoms with E-state index < -0.39 is 35.0 Å². The van der Waals surface area contributed by atoms with Crippen molar-refractivity contribution in [3.8, 4) is 0 Å². The van der Waals surface area contributed by atoms with Crippen molar-refractivity contribution in [2.45, 2.75) is 39.5 Å². The van der Waals surface area contributed by atoms with Crippen LogP contribution in [0.2, 0.25) is 0 Å². The van der Waals surface area contributed by atoms with E-state index in [9.17, 15) is 14.0 Å². The standard InChI is InChI=1S/C26H26F2N2O4/c1-26(2,3)30(25(32)34-17-19-12-8-5-9-13-19)21-15-14-20(27)23(22(21)28)29-24(31)33-16-18-10-6-4-7-11-18/h4-15H,16-17H2,1-3H3,(H,29,31). The summed E-state index contributed by atoms with van der Waals surface area (Å²) in [6.07, 6.45) is -1.85. The first-order valence-corrected chi connectivity index (χ1v) is 10.6. The first-order chi connectivity index (χ1) is 16.2. The molecule has 0 saturated carbocycles. The molecule has 3 aromatic carbocycles. The van der Waals surface area contributed by atoms with Crippen LogP contribution in [0.3, 0.4) is 0 Å². The predicted octanol–water partition coefficient (Wildman–Crippen LogP) is 6.66. The summed E-state index contributed by atoms with van der Waals surface area (Å²) in [7, 11) is 0. The highest BCUT2D eigenvalue weighted by Gasteiger charge is 2.33. The van der Waals surface area contributed by atoms with Crippen LogP contribution in [-0.4, -0.2) is 17.7 Å². The lowest BCUT2D eigenvalue weighted by Crippen LogP contribution is -2.46. The fraction of sp³-hybridized carbons (Fsp3) is 0.231. The zero-order valence-corrected chi connectivity index (χ0v) is 19.2. The summed E-state index contributed by atoms with van der Waals surface area (Å²) in [5, 5.41) is 2.10. The van der Waals surface area contributed by atoms with Crippen LogP contribution >= 0.6 is 0 Å². The zero-order chi connectivity index (χ0) is 24.7. The number of anilines is 2. The average molecular weight is 469 g/mol. The van der Waals surface area contributed by atoms with Crippen LogP contribution in [0.1, 0.15) is 31.9 Å². The molecule has 3 rings (SSSR count). The fourth-order valence-corrected chi connectivity index (χ4v) is 3.21. The van der Waals surface area contributed by atoms with Crippen LogP contribution < -0.4 is 10.2 Å². The van der Waals surface area contributed by atoms with Crippen molar-refractivity contribution < 1.29 is 27.8 Å². The quantitative estimate of drug-likeness (QED) is 0.440. The van der Waals surface area contributed by atoms with Gasteiger partial charge in [0.1, 0.15) is 24.7 Å². The van der Waals surface area contributed by atoms with Gasteiger partial charge in [0, 0.05) is 5.54 Å². The maximum Gasteiger partial charge on any atom is 0.415 e. The van der Waals surface area contributed by atoms with Gasteiger partial charge in [0.25, 0.3) is 0 Å². The molecule has 0 spiro atoms. The predicted molar refractivity (Wildman–Crippen MR) is 125 cm³/mol. The molecule has 3 aromatic rings. The minimum absolute atomic E-state index is 0.0218. The SMILES string of the molecule is CC(C)(C)N(C(=O)OCc1ccccc1)c1ccc(F)c(NC(=O)OCc2ccccc2)c1F. The van der Waals surface area contributed by atoms with Crippen LogP contribution in [0.25, 0.3) is 0 Å². The van der Waals surface area contributed by atoms with E-state index in [2.05, 4.69) is 5.32 Å². The maximum atomic E-state index is 15.4. The number of benzene rings is 3. The number of amides is 2. The number of carbonyl (C=O) groups excluding carboxylic acids is 2. The van der Waals surface area contributed by atoms with Gasteiger partial charge in [-0.2, -0.15) is 0 Å². The maximum absolute atomic E-state index is 15.4. The lowest BCUT2D eigenvalue weighted by Gasteiger charge is -2.35. The molecule has 0 saturated heterocycles. The Morgan fingerprint density at radius 1 is 0.824 bits per heavy atom. The molecule has 0 aliphatic rings. The van der Waals surface area contributed by atoms with Crippen molar-refractivity contribution in [1.82, 2.24) is 0 Å². The Morgan fingerprint density at radius 2 is 1.35 bits per heavy atom. The van der Waals surface area contributed by atoms with E-state index in [1.807, 2.05) is 12.1 Å². The van der Waals surface area contributed by atoms with Crippen LogP contribution in [0.4, 0.5) is 29.7 Å². The lowest BCUT2D eigenvalue weighted by atomic mass is 10.0. The summed E-state index contributed by atoms with van der Waals surface area (Å²) >= 11 is 0. The molecule has 0 atom stereocenters.